The smallest absolute Gasteiger partial charge is 0.211 e. The molecule has 0 saturated carbocycles. The summed E-state index contributed by atoms with van der Waals surface area (Å²) in [5.74, 6) is 0. The zero-order chi connectivity index (χ0) is 8.81. The summed E-state index contributed by atoms with van der Waals surface area (Å²) < 4.78 is 1.06. The predicted molar refractivity (Wildman–Crippen MR) is 50.8 cm³/mol. The summed E-state index contributed by atoms with van der Waals surface area (Å²) in [4.78, 5) is 13.2. The monoisotopic (exact) mass is 225 g/mol. The number of hydrogen-bond acceptors (Lipinski definition) is 2. The standard InChI is InChI=1S/C9H8BrNO/c10-9-3-1-8(2-4-9)5-6-11-7-12/h1-4H,5-6H2. The van der Waals surface area contributed by atoms with Gasteiger partial charge in [-0.3, -0.25) is 0 Å². The van der Waals surface area contributed by atoms with Crippen molar-refractivity contribution in [3.05, 3.63) is 34.3 Å². The molecule has 0 heterocycles. The van der Waals surface area contributed by atoms with Gasteiger partial charge in [-0.25, -0.2) is 9.79 Å². The van der Waals surface area contributed by atoms with E-state index in [1.165, 1.54) is 11.6 Å². The Morgan fingerprint density at radius 2 is 2.00 bits per heavy atom. The van der Waals surface area contributed by atoms with E-state index in [1.807, 2.05) is 24.3 Å². The van der Waals surface area contributed by atoms with Gasteiger partial charge < -0.3 is 0 Å². The van der Waals surface area contributed by atoms with Gasteiger partial charge in [0, 0.05) is 4.47 Å². The van der Waals surface area contributed by atoms with Crippen LogP contribution in [0, 0.1) is 0 Å². The maximum atomic E-state index is 9.75. The topological polar surface area (TPSA) is 29.4 Å². The van der Waals surface area contributed by atoms with Gasteiger partial charge >= 0.3 is 0 Å². The minimum atomic E-state index is 0.519. The number of benzene rings is 1. The third-order valence-corrected chi connectivity index (χ3v) is 2.02. The van der Waals surface area contributed by atoms with E-state index in [0.717, 1.165) is 10.9 Å². The molecule has 0 aliphatic heterocycles. The van der Waals surface area contributed by atoms with Crippen molar-refractivity contribution < 1.29 is 4.79 Å². The largest absolute Gasteiger partial charge is 0.234 e. The van der Waals surface area contributed by atoms with E-state index in [2.05, 4.69) is 20.9 Å². The first kappa shape index (κ1) is 9.17. The van der Waals surface area contributed by atoms with Crippen molar-refractivity contribution in [1.29, 1.82) is 0 Å². The number of halogens is 1. The fraction of sp³-hybridized carbons (Fsp3) is 0.222. The van der Waals surface area contributed by atoms with E-state index in [9.17, 15) is 4.79 Å². The summed E-state index contributed by atoms with van der Waals surface area (Å²) in [5, 5.41) is 0. The summed E-state index contributed by atoms with van der Waals surface area (Å²) in [6.45, 7) is 0.519. The first-order valence-electron chi connectivity index (χ1n) is 3.61. The molecule has 1 aromatic rings. The van der Waals surface area contributed by atoms with Crippen LogP contribution in [0.2, 0.25) is 0 Å². The maximum absolute atomic E-state index is 9.75. The third-order valence-electron chi connectivity index (χ3n) is 1.49. The normalized spacial score (nSPS) is 9.08. The highest BCUT2D eigenvalue weighted by atomic mass is 79.9. The van der Waals surface area contributed by atoms with Crippen molar-refractivity contribution in [3.63, 3.8) is 0 Å². The zero-order valence-electron chi connectivity index (χ0n) is 6.46. The molecule has 0 aliphatic rings. The van der Waals surface area contributed by atoms with E-state index in [1.54, 1.807) is 0 Å². The lowest BCUT2D eigenvalue weighted by molar-refractivity contribution is 0.563. The molecule has 0 saturated heterocycles. The van der Waals surface area contributed by atoms with Crippen LogP contribution in [0.15, 0.2) is 33.7 Å². The highest BCUT2D eigenvalue weighted by Gasteiger charge is 1.90. The number of rotatable bonds is 3. The van der Waals surface area contributed by atoms with Crippen LogP contribution in [0.25, 0.3) is 0 Å². The molecule has 0 amide bonds. The second kappa shape index (κ2) is 4.86. The van der Waals surface area contributed by atoms with E-state index >= 15 is 0 Å². The van der Waals surface area contributed by atoms with Gasteiger partial charge in [-0.2, -0.15) is 0 Å². The highest BCUT2D eigenvalue weighted by molar-refractivity contribution is 9.10. The summed E-state index contributed by atoms with van der Waals surface area (Å²) in [5.41, 5.74) is 1.18. The van der Waals surface area contributed by atoms with E-state index < -0.39 is 0 Å². The molecule has 12 heavy (non-hydrogen) atoms. The van der Waals surface area contributed by atoms with Crippen LogP contribution in [-0.4, -0.2) is 12.6 Å². The summed E-state index contributed by atoms with van der Waals surface area (Å²) in [6, 6.07) is 7.95. The summed E-state index contributed by atoms with van der Waals surface area (Å²) in [6.07, 6.45) is 2.31. The molecule has 0 fully saturated rings. The Hall–Kier alpha value is -0.920. The molecule has 62 valence electrons. The zero-order valence-corrected chi connectivity index (χ0v) is 8.04. The van der Waals surface area contributed by atoms with Crippen LogP contribution in [0.3, 0.4) is 0 Å². The number of hydrogen-bond donors (Lipinski definition) is 0. The molecule has 0 radical (unpaired) electrons. The van der Waals surface area contributed by atoms with Crippen LogP contribution in [-0.2, 0) is 11.2 Å². The van der Waals surface area contributed by atoms with E-state index in [4.69, 9.17) is 0 Å². The second-order valence-electron chi connectivity index (χ2n) is 2.35. The van der Waals surface area contributed by atoms with Gasteiger partial charge in [0.05, 0.1) is 6.54 Å². The Morgan fingerprint density at radius 1 is 1.33 bits per heavy atom. The van der Waals surface area contributed by atoms with Gasteiger partial charge in [0.2, 0.25) is 6.08 Å². The number of isocyanates is 1. The molecule has 0 unspecified atom stereocenters. The van der Waals surface area contributed by atoms with Gasteiger partial charge in [-0.15, -0.1) is 0 Å². The lowest BCUT2D eigenvalue weighted by atomic mass is 10.2. The van der Waals surface area contributed by atoms with Gasteiger partial charge in [0.1, 0.15) is 0 Å². The molecule has 3 heteroatoms. The van der Waals surface area contributed by atoms with Crippen molar-refractivity contribution in [1.82, 2.24) is 0 Å². The first-order chi connectivity index (χ1) is 5.83. The minimum absolute atomic E-state index is 0.519. The van der Waals surface area contributed by atoms with Gasteiger partial charge in [-0.05, 0) is 24.1 Å². The first-order valence-corrected chi connectivity index (χ1v) is 4.40. The molecule has 0 N–H and O–H groups in total. The van der Waals surface area contributed by atoms with E-state index in [-0.39, 0.29) is 0 Å². The Bertz CT molecular complexity index is 288. The lowest BCUT2D eigenvalue weighted by Crippen LogP contribution is -1.87. The molecule has 0 atom stereocenters. The summed E-state index contributed by atoms with van der Waals surface area (Å²) in [7, 11) is 0. The van der Waals surface area contributed by atoms with Gasteiger partial charge in [0.15, 0.2) is 0 Å². The molecule has 0 aromatic heterocycles. The second-order valence-corrected chi connectivity index (χ2v) is 3.27. The molecular formula is C9H8BrNO. The molecule has 0 aliphatic carbocycles. The maximum Gasteiger partial charge on any atom is 0.234 e. The molecule has 0 bridgehead atoms. The van der Waals surface area contributed by atoms with Crippen LogP contribution >= 0.6 is 15.9 Å². The lowest BCUT2D eigenvalue weighted by Gasteiger charge is -1.96. The van der Waals surface area contributed by atoms with Crippen molar-refractivity contribution in [2.45, 2.75) is 6.42 Å². The molecule has 2 nitrogen and oxygen atoms in total. The van der Waals surface area contributed by atoms with Crippen molar-refractivity contribution in [3.8, 4) is 0 Å². The van der Waals surface area contributed by atoms with Gasteiger partial charge in [0.25, 0.3) is 0 Å². The Kier molecular flexibility index (Phi) is 3.71. The SMILES string of the molecule is O=C=NCCc1ccc(Br)cc1. The average molecular weight is 226 g/mol. The Morgan fingerprint density at radius 3 is 2.58 bits per heavy atom. The van der Waals surface area contributed by atoms with Crippen LogP contribution in [0.4, 0.5) is 0 Å². The molecule has 1 rings (SSSR count). The van der Waals surface area contributed by atoms with Gasteiger partial charge in [-0.1, -0.05) is 28.1 Å². The summed E-state index contributed by atoms with van der Waals surface area (Å²) >= 11 is 3.34. The highest BCUT2D eigenvalue weighted by Crippen LogP contribution is 2.10. The minimum Gasteiger partial charge on any atom is -0.211 e. The van der Waals surface area contributed by atoms with E-state index in [0.29, 0.717) is 6.54 Å². The van der Waals surface area contributed by atoms with Crippen LogP contribution in [0.5, 0.6) is 0 Å². The number of aliphatic imine (C=N–C) groups is 1. The Balaban J connectivity index is 2.53. The predicted octanol–water partition coefficient (Wildman–Crippen LogP) is 2.33. The quantitative estimate of drug-likeness (QED) is 0.574. The number of carbonyl (C=O) groups excluding carboxylic acids is 1. The number of nitrogens with zero attached hydrogens (tertiary/aromatic N) is 1. The third kappa shape index (κ3) is 2.99. The van der Waals surface area contributed by atoms with Crippen molar-refractivity contribution in [2.75, 3.05) is 6.54 Å². The average Bonchev–Trinajstić information content (AvgIpc) is 2.09. The fourth-order valence-electron chi connectivity index (χ4n) is 0.882. The fourth-order valence-corrected chi connectivity index (χ4v) is 1.15. The molecular weight excluding hydrogens is 218 g/mol. The Labute approximate surface area is 79.5 Å². The molecule has 0 spiro atoms. The van der Waals surface area contributed by atoms with Crippen molar-refractivity contribution in [2.24, 2.45) is 4.99 Å². The molecule has 1 aromatic carbocycles. The van der Waals surface area contributed by atoms with Crippen molar-refractivity contribution >= 4 is 22.0 Å². The van der Waals surface area contributed by atoms with Crippen LogP contribution in [0.1, 0.15) is 5.56 Å². The van der Waals surface area contributed by atoms with Crippen LogP contribution < -0.4 is 0 Å².